The van der Waals surface area contributed by atoms with Gasteiger partial charge in [0.15, 0.2) is 6.29 Å². The van der Waals surface area contributed by atoms with Crippen molar-refractivity contribution in [2.24, 2.45) is 29.6 Å². The number of halogens is 4. The Labute approximate surface area is 252 Å². The molecule has 5 rings (SSSR count). The fourth-order valence-corrected chi connectivity index (χ4v) is 7.30. The van der Waals surface area contributed by atoms with E-state index in [1.54, 1.807) is 0 Å². The molecule has 43 heavy (non-hydrogen) atoms. The molecule has 1 heterocycles. The Hall–Kier alpha value is -2.63. The first kappa shape index (κ1) is 31.8. The summed E-state index contributed by atoms with van der Waals surface area (Å²) in [4.78, 5) is 0. The Morgan fingerprint density at radius 1 is 0.814 bits per heavy atom. The van der Waals surface area contributed by atoms with Gasteiger partial charge >= 0.3 is 6.11 Å². The van der Waals surface area contributed by atoms with E-state index in [0.717, 1.165) is 63.9 Å². The summed E-state index contributed by atoms with van der Waals surface area (Å²) in [5, 5.41) is 8.85. The van der Waals surface area contributed by atoms with Crippen molar-refractivity contribution in [2.45, 2.75) is 96.4 Å². The Morgan fingerprint density at radius 2 is 1.37 bits per heavy atom. The third-order valence-electron chi connectivity index (χ3n) is 9.92. The maximum Gasteiger partial charge on any atom is 0.400 e. The van der Waals surface area contributed by atoms with Crippen LogP contribution in [0.25, 0.3) is 11.1 Å². The van der Waals surface area contributed by atoms with Gasteiger partial charge in [0.1, 0.15) is 29.0 Å². The summed E-state index contributed by atoms with van der Waals surface area (Å²) in [6.07, 6.45) is 8.29. The zero-order valence-electron chi connectivity index (χ0n) is 25.0. The van der Waals surface area contributed by atoms with Crippen molar-refractivity contribution in [1.29, 1.82) is 5.26 Å². The van der Waals surface area contributed by atoms with Gasteiger partial charge in [0.25, 0.3) is 0 Å². The summed E-state index contributed by atoms with van der Waals surface area (Å²) < 4.78 is 75.8. The van der Waals surface area contributed by atoms with Gasteiger partial charge in [-0.1, -0.05) is 38.3 Å². The minimum absolute atomic E-state index is 0.00298. The number of alkyl halides is 2. The monoisotopic (exact) mass is 601 g/mol. The van der Waals surface area contributed by atoms with Crippen molar-refractivity contribution in [3.05, 3.63) is 53.6 Å². The van der Waals surface area contributed by atoms with Crippen LogP contribution < -0.4 is 4.74 Å². The van der Waals surface area contributed by atoms with Crippen molar-refractivity contribution in [3.8, 4) is 22.9 Å². The van der Waals surface area contributed by atoms with E-state index in [2.05, 4.69) is 6.92 Å². The molecule has 1 aliphatic heterocycles. The molecule has 2 aromatic rings. The van der Waals surface area contributed by atoms with Gasteiger partial charge in [-0.25, -0.2) is 8.78 Å². The lowest BCUT2D eigenvalue weighted by molar-refractivity contribution is -0.232. The SMILES string of the molecule is CCCCCC1COC(C2CCC(C3CCC(C(F)(F)Oc4ccc(-c5cc(F)c(C#N)c(F)c5)cc4)CC3)CC2)OC1. The van der Waals surface area contributed by atoms with Crippen LogP contribution >= 0.6 is 0 Å². The quantitative estimate of drug-likeness (QED) is 0.201. The predicted molar refractivity (Wildman–Crippen MR) is 156 cm³/mol. The first-order valence-electron chi connectivity index (χ1n) is 16.1. The number of ether oxygens (including phenoxy) is 3. The van der Waals surface area contributed by atoms with Crippen LogP contribution in [0.4, 0.5) is 17.6 Å². The molecule has 0 aromatic heterocycles. The zero-order chi connectivity index (χ0) is 30.4. The zero-order valence-corrected chi connectivity index (χ0v) is 25.0. The summed E-state index contributed by atoms with van der Waals surface area (Å²) in [7, 11) is 0. The van der Waals surface area contributed by atoms with Crippen LogP contribution in [0.1, 0.15) is 89.5 Å². The average Bonchev–Trinajstić information content (AvgIpc) is 3.02. The molecule has 2 saturated carbocycles. The number of hydrogen-bond donors (Lipinski definition) is 0. The number of unbranched alkanes of at least 4 members (excludes halogenated alkanes) is 2. The lowest BCUT2D eigenvalue weighted by Gasteiger charge is -2.41. The Morgan fingerprint density at radius 3 is 1.93 bits per heavy atom. The molecule has 3 fully saturated rings. The van der Waals surface area contributed by atoms with Crippen molar-refractivity contribution in [1.82, 2.24) is 0 Å². The highest BCUT2D eigenvalue weighted by molar-refractivity contribution is 5.65. The molecule has 234 valence electrons. The summed E-state index contributed by atoms with van der Waals surface area (Å²) in [5.41, 5.74) is -0.00761. The van der Waals surface area contributed by atoms with Crippen LogP contribution in [0.15, 0.2) is 36.4 Å². The molecule has 0 spiro atoms. The molecular weight excluding hydrogens is 558 g/mol. The van der Waals surface area contributed by atoms with E-state index in [1.807, 2.05) is 0 Å². The van der Waals surface area contributed by atoms with Gasteiger partial charge in [-0.3, -0.25) is 0 Å². The molecule has 0 unspecified atom stereocenters. The molecule has 1 saturated heterocycles. The summed E-state index contributed by atoms with van der Waals surface area (Å²) >= 11 is 0. The number of nitrogens with zero attached hydrogens (tertiary/aromatic N) is 1. The molecule has 0 bridgehead atoms. The van der Waals surface area contributed by atoms with Gasteiger partial charge in [-0.15, -0.1) is 0 Å². The van der Waals surface area contributed by atoms with Gasteiger partial charge < -0.3 is 14.2 Å². The smallest absolute Gasteiger partial charge is 0.400 e. The average molecular weight is 602 g/mol. The lowest BCUT2D eigenvalue weighted by atomic mass is 9.69. The topological polar surface area (TPSA) is 51.5 Å². The minimum Gasteiger partial charge on any atom is -0.432 e. The van der Waals surface area contributed by atoms with Crippen LogP contribution in [0.3, 0.4) is 0 Å². The first-order valence-corrected chi connectivity index (χ1v) is 16.1. The molecule has 4 nitrogen and oxygen atoms in total. The fourth-order valence-electron chi connectivity index (χ4n) is 7.30. The third-order valence-corrected chi connectivity index (χ3v) is 9.92. The lowest BCUT2D eigenvalue weighted by Crippen LogP contribution is -2.40. The highest BCUT2D eigenvalue weighted by Gasteiger charge is 2.45. The largest absolute Gasteiger partial charge is 0.432 e. The molecule has 8 heteroatoms. The van der Waals surface area contributed by atoms with Crippen molar-refractivity contribution in [3.63, 3.8) is 0 Å². The molecule has 0 amide bonds. The second-order valence-electron chi connectivity index (χ2n) is 12.8. The molecule has 0 atom stereocenters. The van der Waals surface area contributed by atoms with E-state index < -0.39 is 29.2 Å². The molecule has 0 N–H and O–H groups in total. The maximum absolute atomic E-state index is 15.2. The second-order valence-corrected chi connectivity index (χ2v) is 12.8. The van der Waals surface area contributed by atoms with Crippen LogP contribution in [0, 0.1) is 52.6 Å². The highest BCUT2D eigenvalue weighted by atomic mass is 19.3. The second kappa shape index (κ2) is 14.4. The molecule has 2 aliphatic carbocycles. The number of rotatable bonds is 10. The Balaban J connectivity index is 1.06. The van der Waals surface area contributed by atoms with E-state index in [1.165, 1.54) is 56.0 Å². The van der Waals surface area contributed by atoms with Gasteiger partial charge in [0.2, 0.25) is 0 Å². The molecule has 2 aromatic carbocycles. The van der Waals surface area contributed by atoms with E-state index in [-0.39, 0.29) is 17.6 Å². The first-order chi connectivity index (χ1) is 20.8. The third kappa shape index (κ3) is 7.91. The van der Waals surface area contributed by atoms with E-state index in [0.29, 0.717) is 42.1 Å². The molecular formula is C35H43F4NO3. The van der Waals surface area contributed by atoms with Crippen molar-refractivity contribution in [2.75, 3.05) is 13.2 Å². The summed E-state index contributed by atoms with van der Waals surface area (Å²) in [6.45, 7) is 3.82. The Bertz CT molecular complexity index is 1200. The van der Waals surface area contributed by atoms with Gasteiger partial charge in [-0.05, 0) is 105 Å². The van der Waals surface area contributed by atoms with Crippen LogP contribution in [-0.2, 0) is 9.47 Å². The van der Waals surface area contributed by atoms with Crippen molar-refractivity contribution >= 4 is 0 Å². The number of hydrogen-bond acceptors (Lipinski definition) is 4. The fraction of sp³-hybridized carbons (Fsp3) is 0.629. The van der Waals surface area contributed by atoms with Gasteiger partial charge in [-0.2, -0.15) is 14.0 Å². The van der Waals surface area contributed by atoms with Gasteiger partial charge in [0.05, 0.1) is 19.1 Å². The highest BCUT2D eigenvalue weighted by Crippen LogP contribution is 2.46. The predicted octanol–water partition coefficient (Wildman–Crippen LogP) is 9.66. The van der Waals surface area contributed by atoms with Crippen molar-refractivity contribution < 1.29 is 31.8 Å². The molecule has 0 radical (unpaired) electrons. The van der Waals surface area contributed by atoms with Crippen LogP contribution in [0.2, 0.25) is 0 Å². The Kier molecular flexibility index (Phi) is 10.7. The van der Waals surface area contributed by atoms with Gasteiger partial charge in [0, 0.05) is 11.8 Å². The summed E-state index contributed by atoms with van der Waals surface area (Å²) in [6, 6.07) is 9.32. The standard InChI is InChI=1S/C35H43F4NO3/c1-2-3-4-5-23-21-41-34(42-22-23)27-8-6-24(7-9-27)25-10-14-29(15-11-25)35(38,39)43-30-16-12-26(13-17-30)28-18-32(36)31(20-40)33(37)19-28/h12-13,16-19,23-25,27,29,34H,2-11,14-15,21-22H2,1H3. The maximum atomic E-state index is 15.2. The molecule has 3 aliphatic rings. The minimum atomic E-state index is -3.30. The normalized spacial score (nSPS) is 28.3. The van der Waals surface area contributed by atoms with E-state index in [9.17, 15) is 8.78 Å². The summed E-state index contributed by atoms with van der Waals surface area (Å²) in [5.74, 6) is -0.792. The number of benzene rings is 2. The van der Waals surface area contributed by atoms with E-state index >= 15 is 8.78 Å². The number of nitriles is 1. The van der Waals surface area contributed by atoms with E-state index in [4.69, 9.17) is 19.5 Å². The van der Waals surface area contributed by atoms with Crippen LogP contribution in [0.5, 0.6) is 5.75 Å². The van der Waals surface area contributed by atoms with Crippen LogP contribution in [-0.4, -0.2) is 25.6 Å².